The van der Waals surface area contributed by atoms with E-state index in [1.807, 2.05) is 13.8 Å². The van der Waals surface area contributed by atoms with Crippen molar-refractivity contribution in [3.05, 3.63) is 10.4 Å². The van der Waals surface area contributed by atoms with E-state index < -0.39 is 24.5 Å². The maximum Gasteiger partial charge on any atom is 0.303 e. The van der Waals surface area contributed by atoms with Crippen LogP contribution in [0, 0.1) is 11.8 Å². The molecule has 1 N–H and O–H groups in total. The molecule has 0 bridgehead atoms. The number of ether oxygens (including phenoxy) is 2. The van der Waals surface area contributed by atoms with E-state index in [4.69, 9.17) is 15.0 Å². The summed E-state index contributed by atoms with van der Waals surface area (Å²) in [6, 6.07) is 0. The predicted molar refractivity (Wildman–Crippen MR) is 58.8 cm³/mol. The van der Waals surface area contributed by atoms with Gasteiger partial charge in [-0.1, -0.05) is 19.0 Å². The summed E-state index contributed by atoms with van der Waals surface area (Å²) in [5, 5.41) is 13.1. The van der Waals surface area contributed by atoms with Crippen LogP contribution in [0.15, 0.2) is 5.11 Å². The molecule has 96 valence electrons. The number of nitrogens with zero attached hydrogens (tertiary/aromatic N) is 3. The zero-order chi connectivity index (χ0) is 13.0. The average molecular weight is 243 g/mol. The van der Waals surface area contributed by atoms with Crippen molar-refractivity contribution < 1.29 is 19.4 Å². The van der Waals surface area contributed by atoms with Crippen LogP contribution in [-0.4, -0.2) is 36.1 Å². The van der Waals surface area contributed by atoms with Gasteiger partial charge in [0.2, 0.25) is 0 Å². The Morgan fingerprint density at radius 2 is 2.18 bits per heavy atom. The number of aliphatic hydroxyl groups excluding tert-OH is 1. The molecule has 17 heavy (non-hydrogen) atoms. The highest BCUT2D eigenvalue weighted by Crippen LogP contribution is 2.31. The number of aliphatic hydroxyl groups is 1. The third-order valence-electron chi connectivity index (χ3n) is 3.10. The minimum atomic E-state index is -0.935. The minimum Gasteiger partial charge on any atom is -0.459 e. The zero-order valence-corrected chi connectivity index (χ0v) is 10.1. The average Bonchev–Trinajstić information content (AvgIpc) is 2.27. The Bertz CT molecular complexity index is 330. The van der Waals surface area contributed by atoms with Gasteiger partial charge in [0.1, 0.15) is 12.2 Å². The monoisotopic (exact) mass is 243 g/mol. The van der Waals surface area contributed by atoms with E-state index in [-0.39, 0.29) is 18.4 Å². The van der Waals surface area contributed by atoms with Crippen molar-refractivity contribution in [2.45, 2.75) is 39.3 Å². The summed E-state index contributed by atoms with van der Waals surface area (Å²) in [6.07, 6.45) is -2.04. The van der Waals surface area contributed by atoms with Crippen LogP contribution >= 0.6 is 0 Å². The molecule has 0 aliphatic carbocycles. The van der Waals surface area contributed by atoms with Crippen molar-refractivity contribution in [3.8, 4) is 0 Å². The SMILES string of the molecule is CC(=O)OC1C(CN=[N+]=[N-])OC(O)C(C)C1C. The van der Waals surface area contributed by atoms with Crippen molar-refractivity contribution in [2.24, 2.45) is 17.0 Å². The summed E-state index contributed by atoms with van der Waals surface area (Å²) in [4.78, 5) is 13.7. The number of carbonyl (C=O) groups is 1. The van der Waals surface area contributed by atoms with E-state index in [0.717, 1.165) is 0 Å². The molecule has 0 radical (unpaired) electrons. The highest BCUT2D eigenvalue weighted by atomic mass is 16.6. The summed E-state index contributed by atoms with van der Waals surface area (Å²) < 4.78 is 10.5. The molecule has 7 nitrogen and oxygen atoms in total. The molecule has 1 fully saturated rings. The first kappa shape index (κ1) is 13.8. The summed E-state index contributed by atoms with van der Waals surface area (Å²) in [5.41, 5.74) is 8.28. The summed E-state index contributed by atoms with van der Waals surface area (Å²) >= 11 is 0. The van der Waals surface area contributed by atoms with Gasteiger partial charge < -0.3 is 14.6 Å². The van der Waals surface area contributed by atoms with E-state index in [2.05, 4.69) is 10.0 Å². The second-order valence-corrected chi connectivity index (χ2v) is 4.27. The number of hydrogen-bond donors (Lipinski definition) is 1. The number of azide groups is 1. The quantitative estimate of drug-likeness (QED) is 0.348. The van der Waals surface area contributed by atoms with Gasteiger partial charge in [-0.2, -0.15) is 0 Å². The van der Waals surface area contributed by atoms with Crippen LogP contribution in [0.3, 0.4) is 0 Å². The zero-order valence-electron chi connectivity index (χ0n) is 10.1. The van der Waals surface area contributed by atoms with Gasteiger partial charge in [-0.05, 0) is 5.53 Å². The van der Waals surface area contributed by atoms with E-state index in [9.17, 15) is 9.90 Å². The lowest BCUT2D eigenvalue weighted by molar-refractivity contribution is -0.246. The Hall–Kier alpha value is -1.30. The minimum absolute atomic E-state index is 0.0303. The second kappa shape index (κ2) is 5.86. The third-order valence-corrected chi connectivity index (χ3v) is 3.10. The number of rotatable bonds is 3. The third kappa shape index (κ3) is 3.33. The Morgan fingerprint density at radius 3 is 2.71 bits per heavy atom. The molecule has 0 spiro atoms. The van der Waals surface area contributed by atoms with Gasteiger partial charge in [-0.3, -0.25) is 4.79 Å². The molecule has 5 unspecified atom stereocenters. The van der Waals surface area contributed by atoms with Gasteiger partial charge in [0.25, 0.3) is 0 Å². The van der Waals surface area contributed by atoms with Gasteiger partial charge in [0.15, 0.2) is 6.29 Å². The largest absolute Gasteiger partial charge is 0.459 e. The Balaban J connectivity index is 2.82. The molecule has 0 aromatic rings. The van der Waals surface area contributed by atoms with Crippen LogP contribution in [0.2, 0.25) is 0 Å². The number of hydrogen-bond acceptors (Lipinski definition) is 5. The molecule has 1 saturated heterocycles. The maximum absolute atomic E-state index is 11.0. The molecule has 5 atom stereocenters. The lowest BCUT2D eigenvalue weighted by atomic mass is 9.84. The van der Waals surface area contributed by atoms with Crippen molar-refractivity contribution in [1.29, 1.82) is 0 Å². The molecule has 1 aliphatic rings. The first-order valence-corrected chi connectivity index (χ1v) is 5.49. The fourth-order valence-electron chi connectivity index (χ4n) is 1.92. The first-order chi connectivity index (χ1) is 7.97. The molecule has 0 amide bonds. The van der Waals surface area contributed by atoms with Gasteiger partial charge >= 0.3 is 5.97 Å². The summed E-state index contributed by atoms with van der Waals surface area (Å²) in [7, 11) is 0. The van der Waals surface area contributed by atoms with Crippen LogP contribution in [0.25, 0.3) is 10.4 Å². The molecule has 7 heteroatoms. The molecule has 0 aromatic heterocycles. The van der Waals surface area contributed by atoms with Gasteiger partial charge in [0, 0.05) is 23.7 Å². The highest BCUT2D eigenvalue weighted by molar-refractivity contribution is 5.66. The van der Waals surface area contributed by atoms with Crippen LogP contribution in [0.5, 0.6) is 0 Å². The van der Waals surface area contributed by atoms with Gasteiger partial charge in [-0.15, -0.1) is 0 Å². The summed E-state index contributed by atoms with van der Waals surface area (Å²) in [6.45, 7) is 5.03. The number of esters is 1. The Kier molecular flexibility index (Phi) is 4.74. The van der Waals surface area contributed by atoms with Crippen molar-refractivity contribution in [1.82, 2.24) is 0 Å². The lowest BCUT2D eigenvalue weighted by Crippen LogP contribution is -2.52. The van der Waals surface area contributed by atoms with Gasteiger partial charge in [-0.25, -0.2) is 0 Å². The molecule has 1 aliphatic heterocycles. The van der Waals surface area contributed by atoms with Crippen LogP contribution in [0.4, 0.5) is 0 Å². The van der Waals surface area contributed by atoms with E-state index >= 15 is 0 Å². The van der Waals surface area contributed by atoms with E-state index in [0.29, 0.717) is 0 Å². The Labute approximate surface area is 99.3 Å². The maximum atomic E-state index is 11.0. The van der Waals surface area contributed by atoms with Crippen LogP contribution in [0.1, 0.15) is 20.8 Å². The van der Waals surface area contributed by atoms with Crippen molar-refractivity contribution >= 4 is 5.97 Å². The molecule has 1 rings (SSSR count). The standard InChI is InChI=1S/C10H17N3O4/c1-5-6(2)10(15)17-8(4-12-13-11)9(5)16-7(3)14/h5-6,8-10,15H,4H2,1-3H3. The summed E-state index contributed by atoms with van der Waals surface area (Å²) in [5.74, 6) is -0.636. The lowest BCUT2D eigenvalue weighted by Gasteiger charge is -2.41. The van der Waals surface area contributed by atoms with Crippen LogP contribution in [-0.2, 0) is 14.3 Å². The fourth-order valence-corrected chi connectivity index (χ4v) is 1.92. The van der Waals surface area contributed by atoms with Crippen molar-refractivity contribution in [2.75, 3.05) is 6.54 Å². The van der Waals surface area contributed by atoms with E-state index in [1.165, 1.54) is 6.92 Å². The van der Waals surface area contributed by atoms with Gasteiger partial charge in [0.05, 0.1) is 6.54 Å². The Morgan fingerprint density at radius 1 is 1.53 bits per heavy atom. The second-order valence-electron chi connectivity index (χ2n) is 4.27. The molecular formula is C10H17N3O4. The normalized spacial score (nSPS) is 37.1. The first-order valence-electron chi connectivity index (χ1n) is 5.49. The topological polar surface area (TPSA) is 105 Å². The molecule has 0 saturated carbocycles. The predicted octanol–water partition coefficient (Wildman–Crippen LogP) is 1.22. The molecule has 1 heterocycles. The highest BCUT2D eigenvalue weighted by Gasteiger charge is 2.42. The van der Waals surface area contributed by atoms with Crippen molar-refractivity contribution in [3.63, 3.8) is 0 Å². The molecule has 0 aromatic carbocycles. The smallest absolute Gasteiger partial charge is 0.303 e. The number of carbonyl (C=O) groups excluding carboxylic acids is 1. The van der Waals surface area contributed by atoms with Crippen LogP contribution < -0.4 is 0 Å². The fraction of sp³-hybridized carbons (Fsp3) is 0.900. The van der Waals surface area contributed by atoms with E-state index in [1.54, 1.807) is 0 Å². The molecular weight excluding hydrogens is 226 g/mol.